The summed E-state index contributed by atoms with van der Waals surface area (Å²) in [5.74, 6) is 0.657. The maximum atomic E-state index is 4.61. The second kappa shape index (κ2) is 4.73. The summed E-state index contributed by atoms with van der Waals surface area (Å²) in [7, 11) is 0. The molecule has 0 saturated carbocycles. The number of hydrogen-bond donors (Lipinski definition) is 0. The molecule has 0 aliphatic rings. The maximum Gasteiger partial charge on any atom is 0.188 e. The Morgan fingerprint density at radius 2 is 1.70 bits per heavy atom. The number of para-hydroxylation sites is 1. The summed E-state index contributed by atoms with van der Waals surface area (Å²) in [5.41, 5.74) is 1.90. The first-order valence-corrected chi connectivity index (χ1v) is 7.68. The van der Waals surface area contributed by atoms with Crippen LogP contribution in [0.4, 0.5) is 0 Å². The average molecular weight is 296 g/mol. The van der Waals surface area contributed by atoms with Gasteiger partial charge < -0.3 is 0 Å². The number of nitrogens with zero attached hydrogens (tertiary/aromatic N) is 4. The Labute approximate surface area is 122 Å². The van der Waals surface area contributed by atoms with Gasteiger partial charge in [0.05, 0.1) is 10.2 Å². The van der Waals surface area contributed by atoms with Crippen LogP contribution in [0.15, 0.2) is 48.1 Å². The highest BCUT2D eigenvalue weighted by atomic mass is 32.1. The molecule has 20 heavy (non-hydrogen) atoms. The Bertz CT molecular complexity index is 834. The van der Waals surface area contributed by atoms with Gasteiger partial charge in [-0.1, -0.05) is 12.1 Å². The number of fused-ring (bicyclic) bond motifs is 1. The maximum absolute atomic E-state index is 4.61. The Morgan fingerprint density at radius 1 is 0.850 bits per heavy atom. The monoisotopic (exact) mass is 296 g/mol. The number of thiazole rings is 2. The SMILES string of the molecule is c1cnc(-c2nc(-c3nc4ccccc4s3)cs2)nc1. The first-order chi connectivity index (χ1) is 9.90. The number of benzene rings is 1. The normalized spacial score (nSPS) is 11.0. The summed E-state index contributed by atoms with van der Waals surface area (Å²) < 4.78 is 1.17. The van der Waals surface area contributed by atoms with Crippen molar-refractivity contribution >= 4 is 32.9 Å². The summed E-state index contributed by atoms with van der Waals surface area (Å²) in [4.78, 5) is 17.6. The molecule has 0 atom stereocenters. The quantitative estimate of drug-likeness (QED) is 0.563. The van der Waals surface area contributed by atoms with Gasteiger partial charge in [-0.15, -0.1) is 22.7 Å². The van der Waals surface area contributed by atoms with Gasteiger partial charge in [0.1, 0.15) is 10.7 Å². The fraction of sp³-hybridized carbons (Fsp3) is 0. The van der Waals surface area contributed by atoms with Gasteiger partial charge in [0.25, 0.3) is 0 Å². The lowest BCUT2D eigenvalue weighted by molar-refractivity contribution is 1.16. The zero-order valence-corrected chi connectivity index (χ0v) is 11.9. The van der Waals surface area contributed by atoms with Crippen molar-refractivity contribution in [3.63, 3.8) is 0 Å². The van der Waals surface area contributed by atoms with Crippen molar-refractivity contribution < 1.29 is 0 Å². The molecule has 4 aromatic rings. The average Bonchev–Trinajstić information content (AvgIpc) is 3.14. The van der Waals surface area contributed by atoms with E-state index in [0.717, 1.165) is 21.2 Å². The molecule has 3 aromatic heterocycles. The molecule has 0 aliphatic carbocycles. The van der Waals surface area contributed by atoms with E-state index in [2.05, 4.69) is 26.0 Å². The van der Waals surface area contributed by atoms with Gasteiger partial charge >= 0.3 is 0 Å². The van der Waals surface area contributed by atoms with Gasteiger partial charge in [-0.2, -0.15) is 0 Å². The third kappa shape index (κ3) is 1.99. The van der Waals surface area contributed by atoms with Crippen LogP contribution in [0.5, 0.6) is 0 Å². The minimum Gasteiger partial charge on any atom is -0.234 e. The van der Waals surface area contributed by atoms with Crippen LogP contribution in [0.25, 0.3) is 31.8 Å². The molecule has 0 amide bonds. The molecule has 4 nitrogen and oxygen atoms in total. The molecule has 0 spiro atoms. The van der Waals surface area contributed by atoms with Crippen molar-refractivity contribution in [3.8, 4) is 21.5 Å². The number of hydrogen-bond acceptors (Lipinski definition) is 6. The smallest absolute Gasteiger partial charge is 0.188 e. The van der Waals surface area contributed by atoms with Crippen LogP contribution in [0.1, 0.15) is 0 Å². The van der Waals surface area contributed by atoms with E-state index in [9.17, 15) is 0 Å². The molecule has 3 heterocycles. The van der Waals surface area contributed by atoms with Gasteiger partial charge in [-0.25, -0.2) is 19.9 Å². The van der Waals surface area contributed by atoms with E-state index < -0.39 is 0 Å². The summed E-state index contributed by atoms with van der Waals surface area (Å²) in [5, 5.41) is 3.76. The van der Waals surface area contributed by atoms with E-state index >= 15 is 0 Å². The van der Waals surface area contributed by atoms with Crippen LogP contribution in [-0.4, -0.2) is 19.9 Å². The van der Waals surface area contributed by atoms with E-state index in [1.165, 1.54) is 16.0 Å². The lowest BCUT2D eigenvalue weighted by Crippen LogP contribution is -1.85. The first-order valence-electron chi connectivity index (χ1n) is 5.99. The van der Waals surface area contributed by atoms with Crippen molar-refractivity contribution in [3.05, 3.63) is 48.1 Å². The van der Waals surface area contributed by atoms with Crippen LogP contribution in [0.3, 0.4) is 0 Å². The third-order valence-electron chi connectivity index (χ3n) is 2.77. The minimum absolute atomic E-state index is 0.657. The highest BCUT2D eigenvalue weighted by Gasteiger charge is 2.12. The minimum atomic E-state index is 0.657. The molecule has 0 aliphatic heterocycles. The van der Waals surface area contributed by atoms with Gasteiger partial charge in [0.2, 0.25) is 0 Å². The molecule has 0 N–H and O–H groups in total. The van der Waals surface area contributed by atoms with E-state index in [1.807, 2.05) is 23.6 Å². The lowest BCUT2D eigenvalue weighted by Gasteiger charge is -1.91. The van der Waals surface area contributed by atoms with Crippen molar-refractivity contribution in [2.24, 2.45) is 0 Å². The predicted molar refractivity (Wildman–Crippen MR) is 81.8 cm³/mol. The fourth-order valence-corrected chi connectivity index (χ4v) is 3.62. The summed E-state index contributed by atoms with van der Waals surface area (Å²) >= 11 is 3.19. The van der Waals surface area contributed by atoms with E-state index in [0.29, 0.717) is 5.82 Å². The van der Waals surface area contributed by atoms with Gasteiger partial charge in [0, 0.05) is 17.8 Å². The highest BCUT2D eigenvalue weighted by Crippen LogP contribution is 2.32. The van der Waals surface area contributed by atoms with E-state index in [4.69, 9.17) is 0 Å². The summed E-state index contributed by atoms with van der Waals surface area (Å²) in [6.45, 7) is 0. The second-order valence-electron chi connectivity index (χ2n) is 4.10. The molecular formula is C14H8N4S2. The molecular weight excluding hydrogens is 288 g/mol. The topological polar surface area (TPSA) is 51.6 Å². The van der Waals surface area contributed by atoms with Gasteiger partial charge in [-0.05, 0) is 18.2 Å². The summed E-state index contributed by atoms with van der Waals surface area (Å²) in [6.07, 6.45) is 3.45. The Hall–Kier alpha value is -2.18. The van der Waals surface area contributed by atoms with Gasteiger partial charge in [-0.3, -0.25) is 0 Å². The Morgan fingerprint density at radius 3 is 2.55 bits per heavy atom. The van der Waals surface area contributed by atoms with Crippen LogP contribution in [0.2, 0.25) is 0 Å². The number of aromatic nitrogens is 4. The highest BCUT2D eigenvalue weighted by molar-refractivity contribution is 7.22. The van der Waals surface area contributed by atoms with Crippen molar-refractivity contribution in [1.29, 1.82) is 0 Å². The van der Waals surface area contributed by atoms with E-state index in [-0.39, 0.29) is 0 Å². The first kappa shape index (κ1) is 11.6. The fourth-order valence-electron chi connectivity index (χ4n) is 1.87. The van der Waals surface area contributed by atoms with Crippen molar-refractivity contribution in [2.75, 3.05) is 0 Å². The molecule has 0 radical (unpaired) electrons. The third-order valence-corrected chi connectivity index (χ3v) is 4.67. The largest absolute Gasteiger partial charge is 0.234 e. The molecule has 0 bridgehead atoms. The zero-order valence-electron chi connectivity index (χ0n) is 10.2. The summed E-state index contributed by atoms with van der Waals surface area (Å²) in [6, 6.07) is 9.91. The molecule has 4 rings (SSSR count). The number of rotatable bonds is 2. The Balaban J connectivity index is 1.78. The standard InChI is InChI=1S/C14H8N4S2/c1-2-5-11-9(4-1)17-13(20-11)10-8-19-14(18-10)12-15-6-3-7-16-12/h1-8H. The molecule has 0 saturated heterocycles. The lowest BCUT2D eigenvalue weighted by atomic mass is 10.3. The molecule has 0 fully saturated rings. The Kier molecular flexibility index (Phi) is 2.75. The van der Waals surface area contributed by atoms with Crippen molar-refractivity contribution in [1.82, 2.24) is 19.9 Å². The molecule has 0 unspecified atom stereocenters. The molecule has 96 valence electrons. The molecule has 6 heteroatoms. The van der Waals surface area contributed by atoms with Crippen LogP contribution in [-0.2, 0) is 0 Å². The van der Waals surface area contributed by atoms with Gasteiger partial charge in [0.15, 0.2) is 10.8 Å². The predicted octanol–water partition coefficient (Wildman–Crippen LogP) is 3.88. The molecule has 1 aromatic carbocycles. The zero-order chi connectivity index (χ0) is 13.4. The van der Waals surface area contributed by atoms with Crippen LogP contribution in [0, 0.1) is 0 Å². The van der Waals surface area contributed by atoms with Crippen molar-refractivity contribution in [2.45, 2.75) is 0 Å². The second-order valence-corrected chi connectivity index (χ2v) is 5.99. The van der Waals surface area contributed by atoms with Crippen LogP contribution >= 0.6 is 22.7 Å². The van der Waals surface area contributed by atoms with E-state index in [1.54, 1.807) is 29.8 Å². The van der Waals surface area contributed by atoms with Crippen LogP contribution < -0.4 is 0 Å².